The standard InChI is InChI=1S/C20H18Cl2F4N2O/c21-16-4-1-5-18(23)14(16)11-28-8-2-3-12(10-28)19(29)27-13-6-7-17(22)15(9-13)20(24,25)26/h1,4-7,9,12H,2-3,8,10-11H2,(H,27,29). The number of piperidine rings is 1. The third kappa shape index (κ3) is 5.41. The topological polar surface area (TPSA) is 32.3 Å². The zero-order valence-electron chi connectivity index (χ0n) is 15.2. The number of hydrogen-bond donors (Lipinski definition) is 1. The van der Waals surface area contributed by atoms with E-state index in [2.05, 4.69) is 5.32 Å². The van der Waals surface area contributed by atoms with Crippen molar-refractivity contribution in [2.75, 3.05) is 18.4 Å². The third-order valence-corrected chi connectivity index (χ3v) is 5.54. The number of rotatable bonds is 4. The Bertz CT molecular complexity index is 884. The first-order chi connectivity index (χ1) is 13.6. The van der Waals surface area contributed by atoms with Gasteiger partial charge in [0, 0.05) is 29.4 Å². The number of anilines is 1. The second-order valence-electron chi connectivity index (χ2n) is 6.96. The van der Waals surface area contributed by atoms with Crippen LogP contribution in [0, 0.1) is 11.7 Å². The minimum Gasteiger partial charge on any atom is -0.326 e. The summed E-state index contributed by atoms with van der Waals surface area (Å²) in [5, 5.41) is 2.42. The van der Waals surface area contributed by atoms with Crippen molar-refractivity contribution >= 4 is 34.8 Å². The Kier molecular flexibility index (Phi) is 6.71. The molecule has 2 aromatic rings. The smallest absolute Gasteiger partial charge is 0.326 e. The average Bonchev–Trinajstić information content (AvgIpc) is 2.66. The lowest BCUT2D eigenvalue weighted by atomic mass is 9.96. The van der Waals surface area contributed by atoms with Crippen molar-refractivity contribution in [3.8, 4) is 0 Å². The molecule has 2 aromatic carbocycles. The molecule has 0 radical (unpaired) electrons. The van der Waals surface area contributed by atoms with Crippen LogP contribution in [0.25, 0.3) is 0 Å². The summed E-state index contributed by atoms with van der Waals surface area (Å²) in [5.74, 6) is -1.23. The Morgan fingerprint density at radius 2 is 1.93 bits per heavy atom. The maximum atomic E-state index is 14.0. The predicted octanol–water partition coefficient (Wildman–Crippen LogP) is 6.00. The molecule has 1 atom stereocenters. The number of hydrogen-bond acceptors (Lipinski definition) is 2. The van der Waals surface area contributed by atoms with Gasteiger partial charge in [0.15, 0.2) is 0 Å². The van der Waals surface area contributed by atoms with E-state index in [9.17, 15) is 22.4 Å². The van der Waals surface area contributed by atoms with Crippen LogP contribution in [0.5, 0.6) is 0 Å². The lowest BCUT2D eigenvalue weighted by molar-refractivity contribution is -0.137. The maximum Gasteiger partial charge on any atom is 0.417 e. The van der Waals surface area contributed by atoms with Crippen LogP contribution < -0.4 is 5.32 Å². The molecular formula is C20H18Cl2F4N2O. The number of carbonyl (C=O) groups is 1. The van der Waals surface area contributed by atoms with Crippen LogP contribution in [0.1, 0.15) is 24.0 Å². The number of halogens is 6. The highest BCUT2D eigenvalue weighted by molar-refractivity contribution is 6.31. The summed E-state index contributed by atoms with van der Waals surface area (Å²) in [4.78, 5) is 14.5. The summed E-state index contributed by atoms with van der Waals surface area (Å²) >= 11 is 11.7. The van der Waals surface area contributed by atoms with Crippen molar-refractivity contribution in [1.29, 1.82) is 0 Å². The highest BCUT2D eigenvalue weighted by atomic mass is 35.5. The number of nitrogens with one attached hydrogen (secondary N) is 1. The first-order valence-corrected chi connectivity index (χ1v) is 9.73. The Morgan fingerprint density at radius 3 is 2.62 bits per heavy atom. The average molecular weight is 449 g/mol. The van der Waals surface area contributed by atoms with Gasteiger partial charge in [-0.15, -0.1) is 0 Å². The van der Waals surface area contributed by atoms with Crippen molar-refractivity contribution in [3.63, 3.8) is 0 Å². The van der Waals surface area contributed by atoms with E-state index in [1.165, 1.54) is 18.2 Å². The van der Waals surface area contributed by atoms with E-state index in [1.807, 2.05) is 4.90 Å². The van der Waals surface area contributed by atoms with Gasteiger partial charge in [-0.05, 0) is 49.7 Å². The van der Waals surface area contributed by atoms with E-state index in [-0.39, 0.29) is 18.1 Å². The highest BCUT2D eigenvalue weighted by Gasteiger charge is 2.34. The van der Waals surface area contributed by atoms with Gasteiger partial charge in [0.2, 0.25) is 5.91 Å². The molecule has 0 bridgehead atoms. The summed E-state index contributed by atoms with van der Waals surface area (Å²) in [5.41, 5.74) is -0.611. The minimum absolute atomic E-state index is 0.0287. The normalized spacial score (nSPS) is 17.9. The zero-order chi connectivity index (χ0) is 21.2. The molecule has 1 aliphatic heterocycles. The van der Waals surface area contributed by atoms with Crippen LogP contribution in [-0.4, -0.2) is 23.9 Å². The van der Waals surface area contributed by atoms with Crippen LogP contribution in [0.4, 0.5) is 23.2 Å². The van der Waals surface area contributed by atoms with Gasteiger partial charge in [0.25, 0.3) is 0 Å². The van der Waals surface area contributed by atoms with E-state index in [0.717, 1.165) is 12.1 Å². The SMILES string of the molecule is O=C(Nc1ccc(Cl)c(C(F)(F)F)c1)C1CCCN(Cc2c(F)cccc2Cl)C1. The van der Waals surface area contributed by atoms with E-state index < -0.39 is 28.5 Å². The second kappa shape index (κ2) is 8.90. The molecule has 0 saturated carbocycles. The van der Waals surface area contributed by atoms with E-state index >= 15 is 0 Å². The lowest BCUT2D eigenvalue weighted by Gasteiger charge is -2.32. The van der Waals surface area contributed by atoms with Gasteiger partial charge >= 0.3 is 6.18 Å². The fourth-order valence-electron chi connectivity index (χ4n) is 3.38. The summed E-state index contributed by atoms with van der Waals surface area (Å²) in [6.07, 6.45) is -3.32. The van der Waals surface area contributed by atoms with Crippen molar-refractivity contribution < 1.29 is 22.4 Å². The summed E-state index contributed by atoms with van der Waals surface area (Å²) < 4.78 is 53.0. The quantitative estimate of drug-likeness (QED) is 0.581. The largest absolute Gasteiger partial charge is 0.417 e. The fourth-order valence-corrected chi connectivity index (χ4v) is 3.83. The summed E-state index contributed by atoms with van der Waals surface area (Å²) in [6, 6.07) is 7.71. The van der Waals surface area contributed by atoms with Crippen LogP contribution >= 0.6 is 23.2 Å². The van der Waals surface area contributed by atoms with Gasteiger partial charge in [-0.3, -0.25) is 9.69 Å². The van der Waals surface area contributed by atoms with E-state index in [0.29, 0.717) is 36.5 Å². The Hall–Kier alpha value is -1.83. The van der Waals surface area contributed by atoms with Gasteiger partial charge in [-0.2, -0.15) is 13.2 Å². The van der Waals surface area contributed by atoms with Crippen molar-refractivity contribution in [3.05, 3.63) is 63.4 Å². The molecule has 1 aliphatic rings. The Labute approximate surface area is 175 Å². The van der Waals surface area contributed by atoms with E-state index in [4.69, 9.17) is 23.2 Å². The molecule has 9 heteroatoms. The molecule has 1 saturated heterocycles. The minimum atomic E-state index is -4.61. The predicted molar refractivity (Wildman–Crippen MR) is 104 cm³/mol. The molecule has 0 spiro atoms. The molecule has 1 N–H and O–H groups in total. The van der Waals surface area contributed by atoms with Gasteiger partial charge in [-0.25, -0.2) is 4.39 Å². The van der Waals surface area contributed by atoms with Crippen LogP contribution in [0.2, 0.25) is 10.0 Å². The van der Waals surface area contributed by atoms with Gasteiger partial charge < -0.3 is 5.32 Å². The molecule has 1 unspecified atom stereocenters. The van der Waals surface area contributed by atoms with Crippen LogP contribution in [0.15, 0.2) is 36.4 Å². The van der Waals surface area contributed by atoms with E-state index in [1.54, 1.807) is 6.07 Å². The molecule has 0 aliphatic carbocycles. The third-order valence-electron chi connectivity index (χ3n) is 4.86. The number of nitrogens with zero attached hydrogens (tertiary/aromatic N) is 1. The van der Waals surface area contributed by atoms with Crippen molar-refractivity contribution in [2.45, 2.75) is 25.6 Å². The number of alkyl halides is 3. The fraction of sp³-hybridized carbons (Fsp3) is 0.350. The first-order valence-electron chi connectivity index (χ1n) is 8.98. The molecule has 1 amide bonds. The second-order valence-corrected chi connectivity index (χ2v) is 7.77. The number of benzene rings is 2. The summed E-state index contributed by atoms with van der Waals surface area (Å²) in [7, 11) is 0. The van der Waals surface area contributed by atoms with Gasteiger partial charge in [-0.1, -0.05) is 29.3 Å². The number of amides is 1. The molecule has 29 heavy (non-hydrogen) atoms. The zero-order valence-corrected chi connectivity index (χ0v) is 16.7. The Morgan fingerprint density at radius 1 is 1.17 bits per heavy atom. The molecule has 3 rings (SSSR count). The maximum absolute atomic E-state index is 14.0. The molecule has 1 fully saturated rings. The first kappa shape index (κ1) is 21.9. The molecule has 3 nitrogen and oxygen atoms in total. The highest BCUT2D eigenvalue weighted by Crippen LogP contribution is 2.36. The molecule has 156 valence electrons. The molecular weight excluding hydrogens is 431 g/mol. The molecule has 1 heterocycles. The van der Waals surface area contributed by atoms with Crippen LogP contribution in [-0.2, 0) is 17.5 Å². The number of likely N-dealkylation sites (tertiary alicyclic amines) is 1. The molecule has 0 aromatic heterocycles. The van der Waals surface area contributed by atoms with Crippen molar-refractivity contribution in [2.24, 2.45) is 5.92 Å². The monoisotopic (exact) mass is 448 g/mol. The van der Waals surface area contributed by atoms with Gasteiger partial charge in [0.05, 0.1) is 16.5 Å². The summed E-state index contributed by atoms with van der Waals surface area (Å²) in [6.45, 7) is 1.29. The number of carbonyl (C=O) groups excluding carboxylic acids is 1. The Balaban J connectivity index is 1.67. The van der Waals surface area contributed by atoms with Crippen LogP contribution in [0.3, 0.4) is 0 Å². The lowest BCUT2D eigenvalue weighted by Crippen LogP contribution is -2.40. The van der Waals surface area contributed by atoms with Gasteiger partial charge in [0.1, 0.15) is 5.82 Å². The van der Waals surface area contributed by atoms with Crippen molar-refractivity contribution in [1.82, 2.24) is 4.90 Å².